The van der Waals surface area contributed by atoms with Gasteiger partial charge in [-0.3, -0.25) is 4.21 Å². The van der Waals surface area contributed by atoms with Crippen LogP contribution in [0, 0.1) is 27.7 Å². The van der Waals surface area contributed by atoms with Crippen molar-refractivity contribution in [2.75, 3.05) is 5.75 Å². The number of ether oxygens (including phenoxy) is 1. The Morgan fingerprint density at radius 3 is 2.44 bits per heavy atom. The Kier molecular flexibility index (Phi) is 5.48. The maximum Gasteiger partial charge on any atom is 0.127 e. The first-order chi connectivity index (χ1) is 12.8. The third-order valence-corrected chi connectivity index (χ3v) is 7.27. The van der Waals surface area contributed by atoms with E-state index in [0.717, 1.165) is 51.3 Å². The van der Waals surface area contributed by atoms with E-state index in [2.05, 4.69) is 6.58 Å². The minimum Gasteiger partial charge on any atom is -0.507 e. The van der Waals surface area contributed by atoms with E-state index in [9.17, 15) is 9.32 Å². The molecule has 0 saturated heterocycles. The van der Waals surface area contributed by atoms with E-state index in [0.29, 0.717) is 17.9 Å². The van der Waals surface area contributed by atoms with Crippen molar-refractivity contribution in [2.24, 2.45) is 0 Å². The third kappa shape index (κ3) is 3.68. The van der Waals surface area contributed by atoms with Crippen molar-refractivity contribution in [3.05, 3.63) is 64.7 Å². The van der Waals surface area contributed by atoms with Crippen LogP contribution in [0.25, 0.3) is 0 Å². The maximum absolute atomic E-state index is 13.0. The summed E-state index contributed by atoms with van der Waals surface area (Å²) < 4.78 is 19.6. The second-order valence-corrected chi connectivity index (χ2v) is 9.06. The van der Waals surface area contributed by atoms with Crippen LogP contribution < -0.4 is 4.74 Å². The van der Waals surface area contributed by atoms with Gasteiger partial charge in [0.25, 0.3) is 0 Å². The standard InChI is InChI=1S/C23H28O3S/c1-6-12-23(14-27(25)19-9-7-15(2)8-10-19)13-11-20-18(5)21(24)16(3)17(4)22(20)26-23/h6-10,24H,1,11-14H2,2-5H3/t23-,27+/m1/s1. The average molecular weight is 385 g/mol. The van der Waals surface area contributed by atoms with E-state index >= 15 is 0 Å². The Bertz CT molecular complexity index is 899. The van der Waals surface area contributed by atoms with Crippen LogP contribution in [0.1, 0.15) is 40.7 Å². The molecule has 2 aromatic carbocycles. The van der Waals surface area contributed by atoms with Crippen LogP contribution in [0.15, 0.2) is 41.8 Å². The van der Waals surface area contributed by atoms with Crippen molar-refractivity contribution in [3.8, 4) is 11.5 Å². The Hall–Kier alpha value is -2.07. The minimum absolute atomic E-state index is 0.356. The first-order valence-electron chi connectivity index (χ1n) is 9.34. The highest BCUT2D eigenvalue weighted by Gasteiger charge is 2.39. The summed E-state index contributed by atoms with van der Waals surface area (Å²) in [6.07, 6.45) is 4.05. The van der Waals surface area contributed by atoms with Crippen molar-refractivity contribution in [1.82, 2.24) is 0 Å². The lowest BCUT2D eigenvalue weighted by Crippen LogP contribution is -2.44. The summed E-state index contributed by atoms with van der Waals surface area (Å²) in [5, 5.41) is 10.4. The van der Waals surface area contributed by atoms with Crippen LogP contribution in [0.2, 0.25) is 0 Å². The number of hydrogen-bond donors (Lipinski definition) is 1. The van der Waals surface area contributed by atoms with E-state index in [4.69, 9.17) is 4.74 Å². The van der Waals surface area contributed by atoms with Gasteiger partial charge in [0.1, 0.15) is 17.1 Å². The normalized spacial score (nSPS) is 19.9. The largest absolute Gasteiger partial charge is 0.507 e. The van der Waals surface area contributed by atoms with Gasteiger partial charge in [0.15, 0.2) is 0 Å². The fourth-order valence-electron chi connectivity index (χ4n) is 3.81. The van der Waals surface area contributed by atoms with E-state index in [-0.39, 0.29) is 0 Å². The zero-order chi connectivity index (χ0) is 19.8. The molecule has 4 heteroatoms. The Labute approximate surface area is 164 Å². The highest BCUT2D eigenvalue weighted by molar-refractivity contribution is 7.85. The average Bonchev–Trinajstić information content (AvgIpc) is 2.65. The van der Waals surface area contributed by atoms with Gasteiger partial charge in [-0.1, -0.05) is 23.8 Å². The summed E-state index contributed by atoms with van der Waals surface area (Å²) in [6.45, 7) is 11.8. The molecule has 0 bridgehead atoms. The zero-order valence-corrected chi connectivity index (χ0v) is 17.4. The molecule has 1 aliphatic rings. The minimum atomic E-state index is -1.15. The summed E-state index contributed by atoms with van der Waals surface area (Å²) in [6, 6.07) is 7.84. The Balaban J connectivity index is 1.96. The molecule has 2 aromatic rings. The van der Waals surface area contributed by atoms with Gasteiger partial charge in [-0.25, -0.2) is 0 Å². The molecule has 0 saturated carbocycles. The lowest BCUT2D eigenvalue weighted by molar-refractivity contribution is 0.0707. The van der Waals surface area contributed by atoms with Crippen molar-refractivity contribution in [2.45, 2.75) is 57.5 Å². The van der Waals surface area contributed by atoms with Crippen LogP contribution >= 0.6 is 0 Å². The molecule has 1 N–H and O–H groups in total. The van der Waals surface area contributed by atoms with Gasteiger partial charge in [-0.2, -0.15) is 0 Å². The molecule has 0 amide bonds. The number of hydrogen-bond acceptors (Lipinski definition) is 3. The van der Waals surface area contributed by atoms with Crippen LogP contribution in [0.4, 0.5) is 0 Å². The third-order valence-electron chi connectivity index (χ3n) is 5.68. The Morgan fingerprint density at radius 2 is 1.81 bits per heavy atom. The van der Waals surface area contributed by atoms with Crippen molar-refractivity contribution >= 4 is 10.8 Å². The molecule has 27 heavy (non-hydrogen) atoms. The van der Waals surface area contributed by atoms with Gasteiger partial charge >= 0.3 is 0 Å². The van der Waals surface area contributed by atoms with E-state index in [1.165, 1.54) is 0 Å². The number of aryl methyl sites for hydroxylation is 1. The summed E-state index contributed by atoms with van der Waals surface area (Å²) in [5.74, 6) is 1.63. The van der Waals surface area contributed by atoms with Gasteiger partial charge < -0.3 is 9.84 Å². The summed E-state index contributed by atoms with van der Waals surface area (Å²) in [7, 11) is -1.15. The molecule has 0 spiro atoms. The SMILES string of the molecule is C=CC[C@]1(C[S@](=O)c2ccc(C)cc2)CCc2c(C)c(O)c(C)c(C)c2O1. The van der Waals surface area contributed by atoms with E-state index in [1.54, 1.807) is 0 Å². The summed E-state index contributed by atoms with van der Waals surface area (Å²) in [5.41, 5.74) is 4.38. The quantitative estimate of drug-likeness (QED) is 0.732. The lowest BCUT2D eigenvalue weighted by atomic mass is 9.85. The maximum atomic E-state index is 13.0. The van der Waals surface area contributed by atoms with Crippen molar-refractivity contribution in [1.29, 1.82) is 0 Å². The van der Waals surface area contributed by atoms with Crippen LogP contribution in [-0.2, 0) is 17.2 Å². The molecule has 1 heterocycles. The van der Waals surface area contributed by atoms with Crippen LogP contribution in [0.3, 0.4) is 0 Å². The van der Waals surface area contributed by atoms with Crippen molar-refractivity contribution < 1.29 is 14.1 Å². The van der Waals surface area contributed by atoms with E-state index < -0.39 is 16.4 Å². The van der Waals surface area contributed by atoms with Crippen LogP contribution in [-0.4, -0.2) is 20.7 Å². The summed E-state index contributed by atoms with van der Waals surface area (Å²) >= 11 is 0. The second-order valence-electron chi connectivity index (χ2n) is 7.61. The van der Waals surface area contributed by atoms with Gasteiger partial charge in [0.05, 0.1) is 16.6 Å². The zero-order valence-electron chi connectivity index (χ0n) is 16.6. The fraction of sp³-hybridized carbons (Fsp3) is 0.391. The number of benzene rings is 2. The number of phenols is 1. The lowest BCUT2D eigenvalue weighted by Gasteiger charge is -2.39. The van der Waals surface area contributed by atoms with E-state index in [1.807, 2.05) is 58.0 Å². The molecule has 3 rings (SSSR count). The molecular formula is C23H28O3S. The number of aromatic hydroxyl groups is 1. The molecular weight excluding hydrogens is 356 g/mol. The molecule has 0 fully saturated rings. The Morgan fingerprint density at radius 1 is 1.15 bits per heavy atom. The molecule has 0 radical (unpaired) electrons. The molecule has 3 nitrogen and oxygen atoms in total. The van der Waals surface area contributed by atoms with Gasteiger partial charge in [0.2, 0.25) is 0 Å². The second kappa shape index (κ2) is 7.51. The topological polar surface area (TPSA) is 46.5 Å². The molecule has 1 aliphatic heterocycles. The smallest absolute Gasteiger partial charge is 0.127 e. The first kappa shape index (κ1) is 19.7. The molecule has 0 aliphatic carbocycles. The monoisotopic (exact) mass is 384 g/mol. The number of rotatable bonds is 5. The van der Waals surface area contributed by atoms with Gasteiger partial charge in [-0.05, 0) is 69.4 Å². The number of fused-ring (bicyclic) bond motifs is 1. The summed E-state index contributed by atoms with van der Waals surface area (Å²) in [4.78, 5) is 0.827. The molecule has 0 aromatic heterocycles. The highest BCUT2D eigenvalue weighted by atomic mass is 32.2. The van der Waals surface area contributed by atoms with Crippen LogP contribution in [0.5, 0.6) is 11.5 Å². The number of phenolic OH excluding ortho intramolecular Hbond substituents is 1. The fourth-order valence-corrected chi connectivity index (χ4v) is 5.21. The molecule has 144 valence electrons. The first-order valence-corrected chi connectivity index (χ1v) is 10.7. The molecule has 0 unspecified atom stereocenters. The predicted molar refractivity (Wildman–Crippen MR) is 111 cm³/mol. The van der Waals surface area contributed by atoms with Crippen molar-refractivity contribution in [3.63, 3.8) is 0 Å². The predicted octanol–water partition coefficient (Wildman–Crippen LogP) is 5.07. The molecule has 2 atom stereocenters. The van der Waals surface area contributed by atoms with Gasteiger partial charge in [-0.15, -0.1) is 6.58 Å². The van der Waals surface area contributed by atoms with Gasteiger partial charge in [0, 0.05) is 16.9 Å². The highest BCUT2D eigenvalue weighted by Crippen LogP contribution is 2.44.